The van der Waals surface area contributed by atoms with E-state index >= 15 is 0 Å². The Hall–Kier alpha value is -1.27. The second-order valence-electron chi connectivity index (χ2n) is 7.97. The van der Waals surface area contributed by atoms with Crippen molar-refractivity contribution in [2.75, 3.05) is 33.1 Å². The molecule has 6 heteroatoms. The van der Waals surface area contributed by atoms with Crippen LogP contribution in [0.1, 0.15) is 24.0 Å². The standard InChI is InChI=1S/C20H24FNO3S/c1-22-7-5-20-16-11-3-4-14(24-2)18(16)25-19(20)13(23)10-15(26-8-6-21)17(20)12(22)9-11/h3-4,12,15,17,19H,5-10H2,1-2H3/t12?,15-,17?,19-,20?/m0/s1. The highest BCUT2D eigenvalue weighted by Gasteiger charge is 2.68. The number of rotatable bonds is 4. The molecule has 2 aliphatic heterocycles. The second-order valence-corrected chi connectivity index (χ2v) is 9.31. The minimum absolute atomic E-state index is 0.163. The molecule has 1 spiro atoms. The van der Waals surface area contributed by atoms with E-state index in [4.69, 9.17) is 9.47 Å². The molecule has 4 aliphatic rings. The Morgan fingerprint density at radius 2 is 2.27 bits per heavy atom. The topological polar surface area (TPSA) is 38.8 Å². The summed E-state index contributed by atoms with van der Waals surface area (Å²) in [5.74, 6) is 2.47. The molecule has 140 valence electrons. The van der Waals surface area contributed by atoms with Crippen molar-refractivity contribution in [3.8, 4) is 11.5 Å². The number of ether oxygens (including phenoxy) is 2. The number of piperidine rings is 1. The Morgan fingerprint density at radius 1 is 1.42 bits per heavy atom. The van der Waals surface area contributed by atoms with Crippen molar-refractivity contribution in [2.45, 2.75) is 42.1 Å². The van der Waals surface area contributed by atoms with E-state index in [1.807, 2.05) is 6.07 Å². The number of benzene rings is 1. The van der Waals surface area contributed by atoms with E-state index in [-0.39, 0.29) is 23.1 Å². The van der Waals surface area contributed by atoms with Gasteiger partial charge in [-0.05, 0) is 38.1 Å². The van der Waals surface area contributed by atoms with E-state index < -0.39 is 6.10 Å². The molecule has 5 rings (SSSR count). The number of hydrogen-bond donors (Lipinski definition) is 0. The van der Waals surface area contributed by atoms with Crippen molar-refractivity contribution >= 4 is 17.5 Å². The molecular weight excluding hydrogens is 353 g/mol. The van der Waals surface area contributed by atoms with Gasteiger partial charge in [0.05, 0.1) is 19.2 Å². The molecule has 4 nitrogen and oxygen atoms in total. The molecule has 1 aromatic rings. The molecule has 1 aromatic carbocycles. The van der Waals surface area contributed by atoms with E-state index in [1.165, 1.54) is 11.1 Å². The third-order valence-corrected chi connectivity index (χ3v) is 8.26. The maximum Gasteiger partial charge on any atom is 0.175 e. The Kier molecular flexibility index (Phi) is 3.80. The zero-order chi connectivity index (χ0) is 18.1. The minimum Gasteiger partial charge on any atom is -0.493 e. The number of Topliss-reactive ketones (excluding diaryl/α,β-unsaturated/α-hetero) is 1. The predicted octanol–water partition coefficient (Wildman–Crippen LogP) is 2.61. The van der Waals surface area contributed by atoms with Gasteiger partial charge in [0.1, 0.15) is 0 Å². The molecule has 2 aliphatic carbocycles. The largest absolute Gasteiger partial charge is 0.493 e. The minimum atomic E-state index is -0.406. The maximum absolute atomic E-state index is 13.1. The predicted molar refractivity (Wildman–Crippen MR) is 99.2 cm³/mol. The highest BCUT2D eigenvalue weighted by molar-refractivity contribution is 7.99. The van der Waals surface area contributed by atoms with Crippen LogP contribution in [0.15, 0.2) is 12.1 Å². The van der Waals surface area contributed by atoms with Gasteiger partial charge in [-0.15, -0.1) is 0 Å². The zero-order valence-electron chi connectivity index (χ0n) is 15.2. The van der Waals surface area contributed by atoms with E-state index in [1.54, 1.807) is 18.9 Å². The molecule has 0 N–H and O–H groups in total. The second kappa shape index (κ2) is 5.86. The molecule has 0 aromatic heterocycles. The first-order chi connectivity index (χ1) is 12.6. The Morgan fingerprint density at radius 3 is 3.04 bits per heavy atom. The van der Waals surface area contributed by atoms with Gasteiger partial charge >= 0.3 is 0 Å². The fraction of sp³-hybridized carbons (Fsp3) is 0.650. The quantitative estimate of drug-likeness (QED) is 0.807. The third-order valence-electron chi connectivity index (χ3n) is 6.98. The number of ketones is 1. The molecule has 2 fully saturated rings. The first-order valence-electron chi connectivity index (χ1n) is 9.39. The molecule has 26 heavy (non-hydrogen) atoms. The lowest BCUT2D eigenvalue weighted by molar-refractivity contribution is -0.137. The summed E-state index contributed by atoms with van der Waals surface area (Å²) in [4.78, 5) is 15.5. The molecule has 2 heterocycles. The first kappa shape index (κ1) is 16.9. The van der Waals surface area contributed by atoms with Gasteiger partial charge in [0.15, 0.2) is 23.4 Å². The van der Waals surface area contributed by atoms with Crippen LogP contribution in [0.2, 0.25) is 0 Å². The van der Waals surface area contributed by atoms with Crippen molar-refractivity contribution in [1.29, 1.82) is 0 Å². The molecule has 2 bridgehead atoms. The van der Waals surface area contributed by atoms with Crippen molar-refractivity contribution in [3.63, 3.8) is 0 Å². The number of likely N-dealkylation sites (tertiary alicyclic amines) is 1. The number of methoxy groups -OCH3 is 1. The van der Waals surface area contributed by atoms with Gasteiger partial charge in [-0.1, -0.05) is 6.07 Å². The molecule has 1 saturated heterocycles. The third kappa shape index (κ3) is 1.97. The van der Waals surface area contributed by atoms with Crippen LogP contribution in [0.5, 0.6) is 11.5 Å². The number of carbonyl (C=O) groups excluding carboxylic acids is 1. The SMILES string of the molecule is COc1ccc2c3c1O[C@H]1C(=O)C[C@H](SCCF)C4C(C2)N(C)CCC341. The molecule has 0 amide bonds. The number of nitrogens with zero attached hydrogens (tertiary/aromatic N) is 1. The van der Waals surface area contributed by atoms with E-state index in [0.717, 1.165) is 30.9 Å². The summed E-state index contributed by atoms with van der Waals surface area (Å²) < 4.78 is 24.8. The fourth-order valence-electron chi connectivity index (χ4n) is 6.06. The first-order valence-corrected chi connectivity index (χ1v) is 10.4. The van der Waals surface area contributed by atoms with Gasteiger partial charge in [0, 0.05) is 34.9 Å². The van der Waals surface area contributed by atoms with Gasteiger partial charge < -0.3 is 14.4 Å². The molecule has 5 atom stereocenters. The van der Waals surface area contributed by atoms with E-state index in [0.29, 0.717) is 24.1 Å². The Labute approximate surface area is 157 Å². The zero-order valence-corrected chi connectivity index (χ0v) is 16.0. The fourth-order valence-corrected chi connectivity index (χ4v) is 7.36. The Bertz CT molecular complexity index is 772. The molecular formula is C20H24FNO3S. The smallest absolute Gasteiger partial charge is 0.175 e. The lowest BCUT2D eigenvalue weighted by Crippen LogP contribution is -2.68. The van der Waals surface area contributed by atoms with Gasteiger partial charge in [0.2, 0.25) is 0 Å². The highest BCUT2D eigenvalue weighted by atomic mass is 32.2. The number of thioether (sulfide) groups is 1. The van der Waals surface area contributed by atoms with E-state index in [2.05, 4.69) is 18.0 Å². The summed E-state index contributed by atoms with van der Waals surface area (Å²) in [6.45, 7) is 0.621. The van der Waals surface area contributed by atoms with Gasteiger partial charge in [-0.3, -0.25) is 9.18 Å². The van der Waals surface area contributed by atoms with E-state index in [9.17, 15) is 9.18 Å². The van der Waals surface area contributed by atoms with Crippen LogP contribution in [-0.2, 0) is 16.6 Å². The summed E-state index contributed by atoms with van der Waals surface area (Å²) in [7, 11) is 3.84. The van der Waals surface area contributed by atoms with Crippen LogP contribution in [0.4, 0.5) is 4.39 Å². The van der Waals surface area contributed by atoms with Crippen molar-refractivity contribution < 1.29 is 18.7 Å². The van der Waals surface area contributed by atoms with Gasteiger partial charge in [-0.2, -0.15) is 11.8 Å². The number of carbonyl (C=O) groups is 1. The lowest BCUT2D eigenvalue weighted by Gasteiger charge is -2.59. The summed E-state index contributed by atoms with van der Waals surface area (Å²) in [5, 5.41) is 0.163. The van der Waals surface area contributed by atoms with Gasteiger partial charge in [-0.25, -0.2) is 0 Å². The number of likely N-dealkylation sites (N-methyl/N-ethyl adjacent to an activating group) is 1. The van der Waals surface area contributed by atoms with Crippen LogP contribution in [-0.4, -0.2) is 61.2 Å². The van der Waals surface area contributed by atoms with Crippen LogP contribution < -0.4 is 9.47 Å². The summed E-state index contributed by atoms with van der Waals surface area (Å²) in [5.41, 5.74) is 2.24. The summed E-state index contributed by atoms with van der Waals surface area (Å²) in [6, 6.07) is 4.50. The lowest BCUT2D eigenvalue weighted by atomic mass is 9.51. The maximum atomic E-state index is 13.1. The summed E-state index contributed by atoms with van der Waals surface area (Å²) in [6.07, 6.45) is 1.96. The monoisotopic (exact) mass is 377 g/mol. The van der Waals surface area contributed by atoms with Gasteiger partial charge in [0.25, 0.3) is 0 Å². The van der Waals surface area contributed by atoms with Crippen LogP contribution in [0.3, 0.4) is 0 Å². The van der Waals surface area contributed by atoms with Crippen LogP contribution in [0, 0.1) is 5.92 Å². The van der Waals surface area contributed by atoms with Crippen LogP contribution in [0.25, 0.3) is 0 Å². The number of hydrogen-bond acceptors (Lipinski definition) is 5. The average Bonchev–Trinajstić information content (AvgIpc) is 2.99. The number of halogens is 1. The number of alkyl halides is 1. The molecule has 0 radical (unpaired) electrons. The van der Waals surface area contributed by atoms with Crippen LogP contribution >= 0.6 is 11.8 Å². The average molecular weight is 377 g/mol. The normalized spacial score (nSPS) is 37.3. The molecule has 1 saturated carbocycles. The van der Waals surface area contributed by atoms with Crippen molar-refractivity contribution in [1.82, 2.24) is 4.90 Å². The van der Waals surface area contributed by atoms with Crippen molar-refractivity contribution in [2.24, 2.45) is 5.92 Å². The van der Waals surface area contributed by atoms with Crippen molar-refractivity contribution in [3.05, 3.63) is 23.3 Å². The molecule has 3 unspecified atom stereocenters. The summed E-state index contributed by atoms with van der Waals surface area (Å²) >= 11 is 1.64. The Balaban J connectivity index is 1.72. The highest BCUT2D eigenvalue weighted by Crippen LogP contribution is 2.64.